The van der Waals surface area contributed by atoms with Crippen LogP contribution in [0.5, 0.6) is 11.5 Å². The Bertz CT molecular complexity index is 975. The van der Waals surface area contributed by atoms with E-state index in [0.717, 1.165) is 5.56 Å². The van der Waals surface area contributed by atoms with E-state index in [1.54, 1.807) is 57.2 Å². The summed E-state index contributed by atoms with van der Waals surface area (Å²) in [5, 5.41) is 12.1. The van der Waals surface area contributed by atoms with Crippen LogP contribution in [0.2, 0.25) is 0 Å². The first-order valence-electron chi connectivity index (χ1n) is 11.7. The number of carbonyl (C=O) groups excluding carboxylic acids is 1. The Hall–Kier alpha value is -3.49. The second kappa shape index (κ2) is 11.8. The van der Waals surface area contributed by atoms with Gasteiger partial charge in [0.05, 0.1) is 13.2 Å². The Morgan fingerprint density at radius 3 is 2.29 bits per heavy atom. The van der Waals surface area contributed by atoms with E-state index in [2.05, 4.69) is 5.32 Å². The maximum atomic E-state index is 13.4. The van der Waals surface area contributed by atoms with Crippen LogP contribution < -0.4 is 14.8 Å². The van der Waals surface area contributed by atoms with Gasteiger partial charge in [0.15, 0.2) is 0 Å². The number of alkyl carbamates (subject to hydrolysis) is 1. The second-order valence-corrected chi connectivity index (χ2v) is 9.49. The van der Waals surface area contributed by atoms with Gasteiger partial charge in [0.2, 0.25) is 0 Å². The molecule has 0 aliphatic carbocycles. The Labute approximate surface area is 205 Å². The lowest BCUT2D eigenvalue weighted by atomic mass is 9.81. The number of nitrogens with zero attached hydrogens (tertiary/aromatic N) is 1. The molecule has 1 aliphatic rings. The molecule has 0 radical (unpaired) electrons. The number of hydrogen-bond acceptors (Lipinski definition) is 5. The molecular weight excluding hydrogens is 455 g/mol. The van der Waals surface area contributed by atoms with Gasteiger partial charge in [-0.05, 0) is 75.1 Å². The largest absolute Gasteiger partial charge is 0.493 e. The summed E-state index contributed by atoms with van der Waals surface area (Å²) in [6.07, 6.45) is -0.793. The van der Waals surface area contributed by atoms with E-state index in [9.17, 15) is 19.1 Å². The first kappa shape index (κ1) is 26.1. The number of amides is 2. The molecule has 1 fully saturated rings. The molecule has 2 atom stereocenters. The van der Waals surface area contributed by atoms with Crippen LogP contribution >= 0.6 is 0 Å². The van der Waals surface area contributed by atoms with Crippen LogP contribution in [-0.4, -0.2) is 60.6 Å². The fraction of sp³-hybridized carbons (Fsp3) is 0.462. The molecule has 1 aliphatic heterocycles. The average molecular weight is 489 g/mol. The number of halogens is 1. The molecule has 2 N–H and O–H groups in total. The van der Waals surface area contributed by atoms with E-state index in [4.69, 9.17) is 14.2 Å². The predicted octanol–water partition coefficient (Wildman–Crippen LogP) is 4.89. The molecule has 1 saturated heterocycles. The van der Waals surface area contributed by atoms with Crippen molar-refractivity contribution in [3.63, 3.8) is 0 Å². The molecule has 1 heterocycles. The van der Waals surface area contributed by atoms with Crippen molar-refractivity contribution in [3.05, 3.63) is 59.9 Å². The lowest BCUT2D eigenvalue weighted by Gasteiger charge is -2.37. The van der Waals surface area contributed by atoms with Crippen molar-refractivity contribution in [1.82, 2.24) is 10.2 Å². The van der Waals surface area contributed by atoms with E-state index in [1.807, 2.05) is 0 Å². The van der Waals surface area contributed by atoms with Gasteiger partial charge in [0, 0.05) is 19.0 Å². The maximum absolute atomic E-state index is 13.4. The molecule has 35 heavy (non-hydrogen) atoms. The lowest BCUT2D eigenvalue weighted by Crippen LogP contribution is -2.44. The van der Waals surface area contributed by atoms with E-state index >= 15 is 0 Å². The zero-order valence-corrected chi connectivity index (χ0v) is 20.3. The number of hydrogen-bond donors (Lipinski definition) is 2. The number of piperidine rings is 1. The smallest absolute Gasteiger partial charge is 0.407 e. The van der Waals surface area contributed by atoms with E-state index in [-0.39, 0.29) is 24.3 Å². The van der Waals surface area contributed by atoms with Gasteiger partial charge in [-0.1, -0.05) is 12.1 Å². The van der Waals surface area contributed by atoms with Gasteiger partial charge >= 0.3 is 12.2 Å². The summed E-state index contributed by atoms with van der Waals surface area (Å²) in [6, 6.07) is 13.5. The quantitative estimate of drug-likeness (QED) is 0.514. The third-order valence-corrected chi connectivity index (χ3v) is 5.63. The van der Waals surface area contributed by atoms with Gasteiger partial charge in [-0.15, -0.1) is 0 Å². The normalized spacial score (nSPS) is 18.0. The molecule has 0 saturated carbocycles. The molecular formula is C26H33FN2O6. The summed E-state index contributed by atoms with van der Waals surface area (Å²) in [6.45, 7) is 7.09. The topological polar surface area (TPSA) is 97.3 Å². The highest BCUT2D eigenvalue weighted by Gasteiger charge is 2.33. The second-order valence-electron chi connectivity index (χ2n) is 9.49. The van der Waals surface area contributed by atoms with E-state index < -0.39 is 17.8 Å². The molecule has 3 rings (SSSR count). The molecule has 190 valence electrons. The zero-order valence-electron chi connectivity index (χ0n) is 20.3. The van der Waals surface area contributed by atoms with Crippen molar-refractivity contribution >= 4 is 12.2 Å². The summed E-state index contributed by atoms with van der Waals surface area (Å²) in [5.74, 6) is 0.968. The van der Waals surface area contributed by atoms with Gasteiger partial charge in [-0.2, -0.15) is 0 Å². The first-order valence-corrected chi connectivity index (χ1v) is 11.7. The van der Waals surface area contributed by atoms with Crippen molar-refractivity contribution in [2.45, 2.75) is 38.7 Å². The van der Waals surface area contributed by atoms with Crippen LogP contribution in [0.1, 0.15) is 38.7 Å². The van der Waals surface area contributed by atoms with Gasteiger partial charge in [-0.3, -0.25) is 0 Å². The van der Waals surface area contributed by atoms with Crippen LogP contribution in [0.3, 0.4) is 0 Å². The Balaban J connectivity index is 1.50. The highest BCUT2D eigenvalue weighted by Crippen LogP contribution is 2.34. The summed E-state index contributed by atoms with van der Waals surface area (Å²) in [5.41, 5.74) is 0.428. The van der Waals surface area contributed by atoms with Crippen molar-refractivity contribution in [2.75, 3.05) is 32.8 Å². The van der Waals surface area contributed by atoms with Crippen LogP contribution in [0.4, 0.5) is 14.0 Å². The number of nitrogens with one attached hydrogen (secondary N) is 1. The molecule has 8 nitrogen and oxygen atoms in total. The monoisotopic (exact) mass is 488 g/mol. The standard InChI is InChI=1S/C26H33FN2O6/c1-26(2,3)35-24(30)28-13-15-33-21-8-10-22(11-9-21)34-17-19-16-29(25(31)32)14-12-23(19)18-4-6-20(27)7-5-18/h4-11,19,23H,12-17H2,1-3H3,(H,28,30)(H,31,32)/t19-,23-/m0/s1. The van der Waals surface area contributed by atoms with Crippen LogP contribution in [0, 0.1) is 11.7 Å². The SMILES string of the molecule is CC(C)(C)OC(=O)NCCOc1ccc(OC[C@@H]2CN(C(=O)O)CC[C@H]2c2ccc(F)cc2)cc1. The van der Waals surface area contributed by atoms with Gasteiger partial charge < -0.3 is 29.5 Å². The predicted molar refractivity (Wildman–Crippen MR) is 129 cm³/mol. The van der Waals surface area contributed by atoms with Crippen molar-refractivity contribution in [2.24, 2.45) is 5.92 Å². The molecule has 2 amide bonds. The molecule has 0 spiro atoms. The summed E-state index contributed by atoms with van der Waals surface area (Å²) in [4.78, 5) is 24.5. The molecule has 0 bridgehead atoms. The highest BCUT2D eigenvalue weighted by molar-refractivity contribution is 5.67. The van der Waals surface area contributed by atoms with E-state index in [1.165, 1.54) is 17.0 Å². The molecule has 2 aromatic rings. The number of carboxylic acid groups (broad SMARTS) is 1. The van der Waals surface area contributed by atoms with Gasteiger partial charge in [0.1, 0.15) is 29.5 Å². The summed E-state index contributed by atoms with van der Waals surface area (Å²) < 4.78 is 30.2. The third kappa shape index (κ3) is 8.35. The zero-order chi connectivity index (χ0) is 25.4. The van der Waals surface area contributed by atoms with Crippen LogP contribution in [0.15, 0.2) is 48.5 Å². The van der Waals surface area contributed by atoms with Crippen molar-refractivity contribution in [1.29, 1.82) is 0 Å². The lowest BCUT2D eigenvalue weighted by molar-refractivity contribution is 0.0520. The Morgan fingerprint density at radius 1 is 1.06 bits per heavy atom. The molecule has 0 aromatic heterocycles. The average Bonchev–Trinajstić information content (AvgIpc) is 2.80. The maximum Gasteiger partial charge on any atom is 0.407 e. The molecule has 2 aromatic carbocycles. The van der Waals surface area contributed by atoms with Crippen LogP contribution in [0.25, 0.3) is 0 Å². The van der Waals surface area contributed by atoms with Gasteiger partial charge in [-0.25, -0.2) is 14.0 Å². The van der Waals surface area contributed by atoms with E-state index in [0.29, 0.717) is 44.2 Å². The van der Waals surface area contributed by atoms with Gasteiger partial charge in [0.25, 0.3) is 0 Å². The number of likely N-dealkylation sites (tertiary alicyclic amines) is 1. The molecule has 0 unspecified atom stereocenters. The highest BCUT2D eigenvalue weighted by atomic mass is 19.1. The third-order valence-electron chi connectivity index (χ3n) is 5.63. The summed E-state index contributed by atoms with van der Waals surface area (Å²) >= 11 is 0. The number of carbonyl (C=O) groups is 2. The minimum Gasteiger partial charge on any atom is -0.493 e. The summed E-state index contributed by atoms with van der Waals surface area (Å²) in [7, 11) is 0. The van der Waals surface area contributed by atoms with Crippen LogP contribution in [-0.2, 0) is 4.74 Å². The molecule has 9 heteroatoms. The minimum atomic E-state index is -0.949. The van der Waals surface area contributed by atoms with Crippen molar-refractivity contribution < 1.29 is 33.3 Å². The Morgan fingerprint density at radius 2 is 1.69 bits per heavy atom. The number of ether oxygens (including phenoxy) is 3. The fourth-order valence-electron chi connectivity index (χ4n) is 4.00. The number of rotatable bonds is 8. The fourth-order valence-corrected chi connectivity index (χ4v) is 4.00. The minimum absolute atomic E-state index is 0.0693. The Kier molecular flexibility index (Phi) is 8.78. The first-order chi connectivity index (χ1) is 16.6. The number of benzene rings is 2. The van der Waals surface area contributed by atoms with Crippen molar-refractivity contribution in [3.8, 4) is 11.5 Å².